The largest absolute Gasteiger partial charge is 0.444 e. The van der Waals surface area contributed by atoms with E-state index in [2.05, 4.69) is 18.2 Å². The van der Waals surface area contributed by atoms with Crippen LogP contribution in [0.4, 0.5) is 0 Å². The Labute approximate surface area is 185 Å². The van der Waals surface area contributed by atoms with Crippen LogP contribution in [0.15, 0.2) is 75.9 Å². The highest BCUT2D eigenvalue weighted by Gasteiger charge is 2.25. The van der Waals surface area contributed by atoms with Gasteiger partial charge in [-0.2, -0.15) is 0 Å². The molecule has 0 spiro atoms. The summed E-state index contributed by atoms with van der Waals surface area (Å²) in [7, 11) is 0. The van der Waals surface area contributed by atoms with Crippen molar-refractivity contribution in [1.29, 1.82) is 0 Å². The second-order valence-corrected chi connectivity index (χ2v) is 8.49. The lowest BCUT2D eigenvalue weighted by Gasteiger charge is -2.28. The van der Waals surface area contributed by atoms with Crippen LogP contribution in [0.5, 0.6) is 5.75 Å². The van der Waals surface area contributed by atoms with E-state index in [1.807, 2.05) is 49.4 Å². The summed E-state index contributed by atoms with van der Waals surface area (Å²) >= 11 is 5.99. The van der Waals surface area contributed by atoms with Gasteiger partial charge in [-0.15, -0.1) is 0 Å². The van der Waals surface area contributed by atoms with Crippen LogP contribution in [0.1, 0.15) is 16.7 Å². The molecular formula is C26H23ClNO3+. The number of aryl methyl sites for hydroxylation is 1. The molecule has 5 heteroatoms. The van der Waals surface area contributed by atoms with E-state index in [-0.39, 0.29) is 5.63 Å². The Balaban J connectivity index is 1.49. The molecule has 0 fully saturated rings. The van der Waals surface area contributed by atoms with Crippen LogP contribution in [0.25, 0.3) is 22.1 Å². The molecule has 5 rings (SSSR count). The minimum absolute atomic E-state index is 0.347. The second-order valence-electron chi connectivity index (χ2n) is 8.05. The smallest absolute Gasteiger partial charge is 0.336 e. The Morgan fingerprint density at radius 1 is 1.03 bits per heavy atom. The second kappa shape index (κ2) is 8.22. The molecule has 1 aromatic heterocycles. The molecule has 31 heavy (non-hydrogen) atoms. The normalized spacial score (nSPS) is 15.5. The molecule has 1 aliphatic rings. The maximum absolute atomic E-state index is 12.3. The van der Waals surface area contributed by atoms with Crippen molar-refractivity contribution in [3.8, 4) is 16.9 Å². The molecule has 4 aromatic rings. The van der Waals surface area contributed by atoms with Crippen molar-refractivity contribution in [2.75, 3.05) is 13.3 Å². The Hall–Kier alpha value is -3.08. The van der Waals surface area contributed by atoms with E-state index >= 15 is 0 Å². The molecule has 0 radical (unpaired) electrons. The summed E-state index contributed by atoms with van der Waals surface area (Å²) in [4.78, 5) is 13.6. The van der Waals surface area contributed by atoms with Crippen molar-refractivity contribution < 1.29 is 14.1 Å². The highest BCUT2D eigenvalue weighted by atomic mass is 35.5. The molecule has 0 amide bonds. The third-order valence-corrected chi connectivity index (χ3v) is 6.17. The fraction of sp³-hybridized carbons (Fsp3) is 0.192. The molecule has 1 N–H and O–H groups in total. The van der Waals surface area contributed by atoms with Gasteiger partial charge in [0.1, 0.15) is 17.9 Å². The fourth-order valence-electron chi connectivity index (χ4n) is 4.32. The van der Waals surface area contributed by atoms with Crippen LogP contribution in [-0.4, -0.2) is 13.3 Å². The van der Waals surface area contributed by atoms with Gasteiger partial charge in [0.05, 0.1) is 6.54 Å². The lowest BCUT2D eigenvalue weighted by atomic mass is 9.97. The summed E-state index contributed by atoms with van der Waals surface area (Å²) in [6, 6.07) is 21.7. The van der Waals surface area contributed by atoms with Gasteiger partial charge in [0.15, 0.2) is 0 Å². The molecule has 1 atom stereocenters. The number of nitrogens with one attached hydrogen (secondary N) is 1. The van der Waals surface area contributed by atoms with Crippen LogP contribution < -0.4 is 15.3 Å². The predicted octanol–water partition coefficient (Wildman–Crippen LogP) is 4.40. The number of halogens is 1. The Morgan fingerprint density at radius 3 is 2.58 bits per heavy atom. The first kappa shape index (κ1) is 19.9. The summed E-state index contributed by atoms with van der Waals surface area (Å²) in [5.41, 5.74) is 5.46. The summed E-state index contributed by atoms with van der Waals surface area (Å²) < 4.78 is 11.8. The third-order valence-electron chi connectivity index (χ3n) is 5.92. The van der Waals surface area contributed by atoms with Gasteiger partial charge in [-0.25, -0.2) is 4.79 Å². The van der Waals surface area contributed by atoms with Gasteiger partial charge in [-0.1, -0.05) is 54.1 Å². The zero-order valence-electron chi connectivity index (χ0n) is 17.3. The first-order valence-electron chi connectivity index (χ1n) is 10.4. The summed E-state index contributed by atoms with van der Waals surface area (Å²) in [6.45, 7) is 4.40. The summed E-state index contributed by atoms with van der Waals surface area (Å²) in [5, 5.41) is 1.71. The highest BCUT2D eigenvalue weighted by Crippen LogP contribution is 2.36. The molecule has 0 saturated carbocycles. The molecule has 156 valence electrons. The summed E-state index contributed by atoms with van der Waals surface area (Å²) in [6.07, 6.45) is 0.960. The van der Waals surface area contributed by atoms with Crippen LogP contribution >= 0.6 is 11.6 Å². The van der Waals surface area contributed by atoms with Crippen molar-refractivity contribution in [1.82, 2.24) is 0 Å². The highest BCUT2D eigenvalue weighted by molar-refractivity contribution is 6.30. The van der Waals surface area contributed by atoms with Crippen LogP contribution in [0.3, 0.4) is 0 Å². The van der Waals surface area contributed by atoms with Gasteiger partial charge in [0.2, 0.25) is 6.73 Å². The fourth-order valence-corrected chi connectivity index (χ4v) is 4.45. The van der Waals surface area contributed by atoms with E-state index in [4.69, 9.17) is 20.8 Å². The van der Waals surface area contributed by atoms with E-state index in [1.165, 1.54) is 10.5 Å². The lowest BCUT2D eigenvalue weighted by molar-refractivity contribution is -0.932. The molecule has 0 bridgehead atoms. The van der Waals surface area contributed by atoms with E-state index in [0.717, 1.165) is 57.9 Å². The first-order chi connectivity index (χ1) is 15.1. The van der Waals surface area contributed by atoms with E-state index in [1.54, 1.807) is 6.07 Å². The molecule has 0 saturated heterocycles. The minimum Gasteiger partial charge on any atom is -0.444 e. The van der Waals surface area contributed by atoms with Crippen LogP contribution in [0, 0.1) is 6.92 Å². The first-order valence-corrected chi connectivity index (χ1v) is 10.8. The number of hydrogen-bond donors (Lipinski definition) is 1. The zero-order chi connectivity index (χ0) is 21.4. The quantitative estimate of drug-likeness (QED) is 0.486. The molecule has 3 aromatic carbocycles. The average molecular weight is 433 g/mol. The zero-order valence-corrected chi connectivity index (χ0v) is 18.0. The number of ether oxygens (including phenoxy) is 1. The average Bonchev–Trinajstić information content (AvgIpc) is 2.79. The van der Waals surface area contributed by atoms with Gasteiger partial charge < -0.3 is 9.15 Å². The van der Waals surface area contributed by atoms with E-state index in [0.29, 0.717) is 12.3 Å². The van der Waals surface area contributed by atoms with E-state index in [9.17, 15) is 4.79 Å². The Morgan fingerprint density at radius 2 is 1.81 bits per heavy atom. The molecule has 4 nitrogen and oxygen atoms in total. The van der Waals surface area contributed by atoms with Gasteiger partial charge in [-0.3, -0.25) is 4.90 Å². The molecule has 1 aliphatic heterocycles. The molecule has 2 heterocycles. The van der Waals surface area contributed by atoms with Gasteiger partial charge in [-0.05, 0) is 41.8 Å². The maximum Gasteiger partial charge on any atom is 0.336 e. The van der Waals surface area contributed by atoms with Gasteiger partial charge in [0.25, 0.3) is 0 Å². The monoisotopic (exact) mass is 432 g/mol. The molecular weight excluding hydrogens is 410 g/mol. The topological polar surface area (TPSA) is 43.9 Å². The third kappa shape index (κ3) is 3.97. The van der Waals surface area contributed by atoms with E-state index < -0.39 is 0 Å². The number of rotatable bonds is 4. The van der Waals surface area contributed by atoms with Crippen molar-refractivity contribution in [3.63, 3.8) is 0 Å². The molecule has 0 aliphatic carbocycles. The van der Waals surface area contributed by atoms with Crippen LogP contribution in [0.2, 0.25) is 5.02 Å². The maximum atomic E-state index is 12.3. The number of hydrogen-bond acceptors (Lipinski definition) is 3. The summed E-state index contributed by atoms with van der Waals surface area (Å²) in [5.74, 6) is 0.844. The van der Waals surface area contributed by atoms with Crippen molar-refractivity contribution in [3.05, 3.63) is 98.9 Å². The van der Waals surface area contributed by atoms with Crippen molar-refractivity contribution in [2.45, 2.75) is 19.9 Å². The van der Waals surface area contributed by atoms with Gasteiger partial charge in [0, 0.05) is 34.0 Å². The lowest BCUT2D eigenvalue weighted by Crippen LogP contribution is -3.12. The number of benzene rings is 3. The minimum atomic E-state index is -0.347. The van der Waals surface area contributed by atoms with Crippen molar-refractivity contribution in [2.24, 2.45) is 0 Å². The Bertz CT molecular complexity index is 1300. The predicted molar refractivity (Wildman–Crippen MR) is 123 cm³/mol. The standard InChI is InChI=1S/C26H22ClNO3/c1-17-25-20(15-28(16-30-25)12-11-18-7-9-21(27)10-8-18)13-23-22(14-24(29)31-26(17)23)19-5-3-2-4-6-19/h2-10,13-14H,11-12,15-16H2,1H3/p+1. The van der Waals surface area contributed by atoms with Crippen molar-refractivity contribution >= 4 is 22.6 Å². The Kier molecular flexibility index (Phi) is 5.26. The molecule has 1 unspecified atom stereocenters. The number of quaternary nitrogens is 1. The SMILES string of the molecule is Cc1c2c(cc3c(-c4ccccc4)cc(=O)oc13)C[NH+](CCc1ccc(Cl)cc1)CO2. The van der Waals surface area contributed by atoms with Crippen LogP contribution in [-0.2, 0) is 13.0 Å². The van der Waals surface area contributed by atoms with Gasteiger partial charge >= 0.3 is 5.63 Å². The number of fused-ring (bicyclic) bond motifs is 2.